The van der Waals surface area contributed by atoms with Gasteiger partial charge in [-0.15, -0.1) is 0 Å². The highest BCUT2D eigenvalue weighted by Gasteiger charge is 2.20. The van der Waals surface area contributed by atoms with Gasteiger partial charge in [0, 0.05) is 24.1 Å². The van der Waals surface area contributed by atoms with Gasteiger partial charge in [0.05, 0.1) is 16.7 Å². The molecule has 0 spiro atoms. The van der Waals surface area contributed by atoms with E-state index in [1.807, 2.05) is 0 Å². The van der Waals surface area contributed by atoms with Crippen LogP contribution in [-0.4, -0.2) is 32.0 Å². The second kappa shape index (κ2) is 5.06. The first-order valence-corrected chi connectivity index (χ1v) is 4.77. The Labute approximate surface area is 91.1 Å². The molecule has 0 aliphatic heterocycles. The van der Waals surface area contributed by atoms with Crippen molar-refractivity contribution in [2.75, 3.05) is 5.75 Å². The first-order valence-electron chi connectivity index (χ1n) is 4.13. The van der Waals surface area contributed by atoms with E-state index < -0.39 is 17.1 Å². The summed E-state index contributed by atoms with van der Waals surface area (Å²) in [5.74, 6) is 0.0472. The SMILES string of the molecule is O=[N+]([O-])c1ccnc(C(O)C(O)CS)c1. The number of nitrogens with zero attached hydrogens (tertiary/aromatic N) is 2. The van der Waals surface area contributed by atoms with Gasteiger partial charge in [-0.25, -0.2) is 0 Å². The molecule has 7 heteroatoms. The van der Waals surface area contributed by atoms with Gasteiger partial charge in [-0.05, 0) is 0 Å². The van der Waals surface area contributed by atoms with Crippen molar-refractivity contribution in [1.82, 2.24) is 4.98 Å². The topological polar surface area (TPSA) is 96.5 Å². The maximum atomic E-state index is 10.4. The normalized spacial score (nSPS) is 14.6. The predicted octanol–water partition coefficient (Wildman–Crippen LogP) is 0.314. The zero-order valence-electron chi connectivity index (χ0n) is 7.65. The molecule has 6 nitrogen and oxygen atoms in total. The summed E-state index contributed by atoms with van der Waals surface area (Å²) in [5.41, 5.74) is -0.115. The van der Waals surface area contributed by atoms with Crippen molar-refractivity contribution in [1.29, 1.82) is 0 Å². The van der Waals surface area contributed by atoms with E-state index >= 15 is 0 Å². The molecular weight excluding hydrogens is 220 g/mol. The van der Waals surface area contributed by atoms with Crippen molar-refractivity contribution in [2.45, 2.75) is 12.2 Å². The zero-order chi connectivity index (χ0) is 11.4. The standard InChI is InChI=1S/C8H10N2O4S/c11-7(4-15)8(12)6-3-5(10(13)14)1-2-9-6/h1-3,7-8,11-12,15H,4H2. The van der Waals surface area contributed by atoms with Crippen LogP contribution in [0.3, 0.4) is 0 Å². The molecule has 0 amide bonds. The highest BCUT2D eigenvalue weighted by atomic mass is 32.1. The van der Waals surface area contributed by atoms with Crippen LogP contribution in [0.5, 0.6) is 0 Å². The lowest BCUT2D eigenvalue weighted by Gasteiger charge is -2.14. The molecule has 2 N–H and O–H groups in total. The molecule has 2 atom stereocenters. The van der Waals surface area contributed by atoms with Crippen molar-refractivity contribution in [3.8, 4) is 0 Å². The Morgan fingerprint density at radius 1 is 1.60 bits per heavy atom. The third-order valence-corrected chi connectivity index (χ3v) is 2.20. The molecule has 0 bridgehead atoms. The molecule has 1 aromatic heterocycles. The molecule has 0 fully saturated rings. The Morgan fingerprint density at radius 2 is 2.27 bits per heavy atom. The number of aliphatic hydroxyl groups excluding tert-OH is 2. The minimum absolute atomic E-state index is 0.0472. The van der Waals surface area contributed by atoms with Gasteiger partial charge in [-0.2, -0.15) is 12.6 Å². The summed E-state index contributed by atoms with van der Waals surface area (Å²) < 4.78 is 0. The first kappa shape index (κ1) is 11.9. The highest BCUT2D eigenvalue weighted by Crippen LogP contribution is 2.19. The summed E-state index contributed by atoms with van der Waals surface area (Å²) in [4.78, 5) is 13.6. The third-order valence-electron chi connectivity index (χ3n) is 1.83. The van der Waals surface area contributed by atoms with Gasteiger partial charge >= 0.3 is 0 Å². The zero-order valence-corrected chi connectivity index (χ0v) is 8.54. The van der Waals surface area contributed by atoms with Crippen LogP contribution in [0.4, 0.5) is 5.69 Å². The van der Waals surface area contributed by atoms with Crippen LogP contribution in [0.15, 0.2) is 18.3 Å². The van der Waals surface area contributed by atoms with E-state index in [0.29, 0.717) is 0 Å². The number of thiol groups is 1. The maximum absolute atomic E-state index is 10.4. The van der Waals surface area contributed by atoms with Crippen LogP contribution in [0.1, 0.15) is 11.8 Å². The van der Waals surface area contributed by atoms with E-state index in [4.69, 9.17) is 0 Å². The predicted molar refractivity (Wildman–Crippen MR) is 55.7 cm³/mol. The summed E-state index contributed by atoms with van der Waals surface area (Å²) in [5, 5.41) is 29.2. The monoisotopic (exact) mass is 230 g/mol. The summed E-state index contributed by atoms with van der Waals surface area (Å²) >= 11 is 3.80. The smallest absolute Gasteiger partial charge is 0.272 e. The molecule has 1 heterocycles. The number of hydrogen-bond acceptors (Lipinski definition) is 6. The first-order chi connectivity index (χ1) is 7.06. The molecule has 0 aliphatic rings. The van der Waals surface area contributed by atoms with Gasteiger partial charge in [-0.3, -0.25) is 15.1 Å². The van der Waals surface area contributed by atoms with E-state index in [0.717, 1.165) is 6.07 Å². The van der Waals surface area contributed by atoms with E-state index in [1.54, 1.807) is 0 Å². The molecule has 0 saturated carbocycles. The molecule has 0 aliphatic carbocycles. The van der Waals surface area contributed by atoms with Gasteiger partial charge in [0.15, 0.2) is 0 Å². The lowest BCUT2D eigenvalue weighted by Crippen LogP contribution is -2.20. The van der Waals surface area contributed by atoms with E-state index in [2.05, 4.69) is 17.6 Å². The molecule has 2 unspecified atom stereocenters. The molecule has 0 saturated heterocycles. The van der Waals surface area contributed by atoms with E-state index in [-0.39, 0.29) is 17.1 Å². The number of rotatable bonds is 4. The van der Waals surface area contributed by atoms with Crippen molar-refractivity contribution in [3.63, 3.8) is 0 Å². The summed E-state index contributed by atoms with van der Waals surface area (Å²) in [6.07, 6.45) is -1.15. The quantitative estimate of drug-likeness (QED) is 0.393. The maximum Gasteiger partial charge on any atom is 0.272 e. The van der Waals surface area contributed by atoms with Crippen molar-refractivity contribution in [2.24, 2.45) is 0 Å². The molecule has 0 radical (unpaired) electrons. The van der Waals surface area contributed by atoms with Crippen molar-refractivity contribution < 1.29 is 15.1 Å². The van der Waals surface area contributed by atoms with Crippen molar-refractivity contribution in [3.05, 3.63) is 34.1 Å². The average molecular weight is 230 g/mol. The minimum atomic E-state index is -1.26. The van der Waals surface area contributed by atoms with E-state index in [1.165, 1.54) is 12.3 Å². The fourth-order valence-electron chi connectivity index (χ4n) is 1.01. The fraction of sp³-hybridized carbons (Fsp3) is 0.375. The average Bonchev–Trinajstić information content (AvgIpc) is 2.27. The van der Waals surface area contributed by atoms with Crippen LogP contribution in [0, 0.1) is 10.1 Å². The summed E-state index contributed by atoms with van der Waals surface area (Å²) in [6, 6.07) is 2.33. The number of nitro groups is 1. The molecule has 1 rings (SSSR count). The highest BCUT2D eigenvalue weighted by molar-refractivity contribution is 7.80. The Morgan fingerprint density at radius 3 is 2.80 bits per heavy atom. The Kier molecular flexibility index (Phi) is 4.01. The Balaban J connectivity index is 2.94. The molecular formula is C8H10N2O4S. The van der Waals surface area contributed by atoms with Gasteiger partial charge in [0.2, 0.25) is 0 Å². The molecule has 0 aromatic carbocycles. The number of hydrogen-bond donors (Lipinski definition) is 3. The second-order valence-electron chi connectivity index (χ2n) is 2.89. The minimum Gasteiger partial charge on any atom is -0.389 e. The van der Waals surface area contributed by atoms with Gasteiger partial charge in [-0.1, -0.05) is 0 Å². The Bertz CT molecular complexity index is 360. The van der Waals surface area contributed by atoms with Crippen molar-refractivity contribution >= 4 is 18.3 Å². The van der Waals surface area contributed by atoms with Gasteiger partial charge in [0.1, 0.15) is 6.10 Å². The fourth-order valence-corrected chi connectivity index (χ4v) is 1.21. The van der Waals surface area contributed by atoms with E-state index in [9.17, 15) is 20.3 Å². The summed E-state index contributed by atoms with van der Waals surface area (Å²) in [6.45, 7) is 0. The molecule has 15 heavy (non-hydrogen) atoms. The lowest BCUT2D eigenvalue weighted by atomic mass is 10.1. The number of pyridine rings is 1. The van der Waals surface area contributed by atoms with Crippen LogP contribution in [0.2, 0.25) is 0 Å². The lowest BCUT2D eigenvalue weighted by molar-refractivity contribution is -0.385. The summed E-state index contributed by atoms with van der Waals surface area (Å²) in [7, 11) is 0. The second-order valence-corrected chi connectivity index (χ2v) is 3.26. The molecule has 82 valence electrons. The van der Waals surface area contributed by atoms with Crippen LogP contribution >= 0.6 is 12.6 Å². The number of aromatic nitrogens is 1. The largest absolute Gasteiger partial charge is 0.389 e. The molecule has 1 aromatic rings. The van der Waals surface area contributed by atoms with Crippen LogP contribution in [-0.2, 0) is 0 Å². The third kappa shape index (κ3) is 2.88. The van der Waals surface area contributed by atoms with Gasteiger partial charge < -0.3 is 10.2 Å². The van der Waals surface area contributed by atoms with Gasteiger partial charge in [0.25, 0.3) is 5.69 Å². The van der Waals surface area contributed by atoms with Crippen LogP contribution < -0.4 is 0 Å². The number of aliphatic hydroxyl groups is 2. The van der Waals surface area contributed by atoms with Crippen LogP contribution in [0.25, 0.3) is 0 Å². The Hall–Kier alpha value is -1.18.